The zero-order valence-electron chi connectivity index (χ0n) is 16.8. The minimum atomic E-state index is -8.76. The Morgan fingerprint density at radius 3 is 1.25 bits per heavy atom. The first-order valence-electron chi connectivity index (χ1n) is 8.71. The highest BCUT2D eigenvalue weighted by molar-refractivity contribution is 5.81. The number of rotatable bonds is 9. The fourth-order valence-electron chi connectivity index (χ4n) is 2.26. The second kappa shape index (κ2) is 8.81. The van der Waals surface area contributed by atoms with Crippen molar-refractivity contribution < 1.29 is 84.2 Å². The molecule has 0 atom stereocenters. The minimum Gasteiger partial charge on any atom is -0.422 e. The molecule has 0 unspecified atom stereocenters. The highest BCUT2D eigenvalue weighted by Gasteiger charge is 2.96. The van der Waals surface area contributed by atoms with E-state index in [1.807, 2.05) is 0 Å². The first kappa shape index (κ1) is 31.5. The Morgan fingerprint density at radius 2 is 0.917 bits per heavy atom. The van der Waals surface area contributed by atoms with Crippen molar-refractivity contribution in [1.29, 1.82) is 0 Å². The van der Waals surface area contributed by atoms with Gasteiger partial charge >= 0.3 is 53.6 Å². The van der Waals surface area contributed by atoms with E-state index < -0.39 is 59.4 Å². The van der Waals surface area contributed by atoms with E-state index in [0.717, 1.165) is 12.1 Å². The molecule has 0 aromatic heterocycles. The maximum absolute atomic E-state index is 13.8. The molecule has 0 radical (unpaired) electrons. The van der Waals surface area contributed by atoms with Crippen LogP contribution in [0, 0.1) is 0 Å². The molecule has 1 rings (SSSR count). The van der Waals surface area contributed by atoms with Gasteiger partial charge in [0.05, 0.1) is 0 Å². The Morgan fingerprint density at radius 1 is 0.583 bits per heavy atom. The highest BCUT2D eigenvalue weighted by Crippen LogP contribution is 2.64. The third kappa shape index (κ3) is 4.31. The summed E-state index contributed by atoms with van der Waals surface area (Å²) in [7, 11) is 0. The number of esters is 1. The maximum atomic E-state index is 13.8. The predicted molar refractivity (Wildman–Crippen MR) is 82.1 cm³/mol. The van der Waals surface area contributed by atoms with Gasteiger partial charge in [-0.1, -0.05) is 19.1 Å². The molecule has 0 bridgehead atoms. The maximum Gasteiger partial charge on any atom is 0.460 e. The minimum absolute atomic E-state index is 0.260. The fourth-order valence-corrected chi connectivity index (χ4v) is 2.26. The molecule has 0 aliphatic rings. The summed E-state index contributed by atoms with van der Waals surface area (Å²) in [6.07, 6.45) is -7.58. The Kier molecular flexibility index (Phi) is 7.72. The lowest BCUT2D eigenvalue weighted by Crippen LogP contribution is -2.75. The van der Waals surface area contributed by atoms with Gasteiger partial charge in [0.1, 0.15) is 5.75 Å². The zero-order valence-corrected chi connectivity index (χ0v) is 16.8. The van der Waals surface area contributed by atoms with Crippen LogP contribution in [-0.4, -0.2) is 53.6 Å². The number of carbonyl (C=O) groups is 1. The molecule has 0 saturated carbocycles. The summed E-state index contributed by atoms with van der Waals surface area (Å²) in [4.78, 5) is 11.3. The van der Waals surface area contributed by atoms with Crippen LogP contribution >= 0.6 is 0 Å². The van der Waals surface area contributed by atoms with Crippen LogP contribution < -0.4 is 4.74 Å². The topological polar surface area (TPSA) is 26.3 Å². The monoisotopic (exact) mass is 568 g/mol. The van der Waals surface area contributed by atoms with E-state index in [1.54, 1.807) is 0 Å². The third-order valence-electron chi connectivity index (χ3n) is 4.52. The summed E-state index contributed by atoms with van der Waals surface area (Å²) < 4.78 is 227. The predicted octanol–water partition coefficient (Wildman–Crippen LogP) is 7.16. The number of halogens is 17. The average Bonchev–Trinajstić information content (AvgIpc) is 2.72. The van der Waals surface area contributed by atoms with Crippen molar-refractivity contribution >= 4 is 5.97 Å². The van der Waals surface area contributed by atoms with Crippen LogP contribution in [0.3, 0.4) is 0 Å². The molecule has 0 aliphatic carbocycles. The average molecular weight is 568 g/mol. The van der Waals surface area contributed by atoms with Crippen molar-refractivity contribution in [3.8, 4) is 5.75 Å². The number of aryl methyl sites for hydroxylation is 1. The van der Waals surface area contributed by atoms with E-state index in [-0.39, 0.29) is 6.42 Å². The standard InChI is InChI=1S/C17H9F17O2/c1-2-7-3-5-8(6-4-7)36-9(35)10(18,19)11(20,21)12(22,23)13(24,25)14(26,27)15(28,29)16(30,31)17(32,33)34/h3-6H,2H2,1H3. The van der Waals surface area contributed by atoms with E-state index in [9.17, 15) is 79.4 Å². The first-order valence-corrected chi connectivity index (χ1v) is 8.71. The number of ether oxygens (including phenoxy) is 1. The number of alkyl halides is 17. The SMILES string of the molecule is CCc1ccc(OC(=O)C(F)(F)C(F)(F)C(F)(F)C(F)(F)C(F)(F)C(F)(F)C(F)(F)C(F)(F)F)cc1. The quantitative estimate of drug-likeness (QED) is 0.180. The molecule has 0 heterocycles. The van der Waals surface area contributed by atoms with Crippen molar-refractivity contribution in [3.63, 3.8) is 0 Å². The van der Waals surface area contributed by atoms with Crippen LogP contribution in [-0.2, 0) is 11.2 Å². The van der Waals surface area contributed by atoms with E-state index >= 15 is 0 Å². The fraction of sp³-hybridized carbons (Fsp3) is 0.588. The molecule has 2 nitrogen and oxygen atoms in total. The van der Waals surface area contributed by atoms with Gasteiger partial charge in [0, 0.05) is 0 Å². The molecule has 0 fully saturated rings. The summed E-state index contributed by atoms with van der Waals surface area (Å²) in [5, 5.41) is 0. The lowest BCUT2D eigenvalue weighted by Gasteiger charge is -2.42. The van der Waals surface area contributed by atoms with Crippen LogP contribution in [0.1, 0.15) is 12.5 Å². The van der Waals surface area contributed by atoms with Gasteiger partial charge in [-0.3, -0.25) is 0 Å². The second-order valence-electron chi connectivity index (χ2n) is 6.91. The Hall–Kier alpha value is -2.50. The van der Waals surface area contributed by atoms with Crippen molar-refractivity contribution in [2.24, 2.45) is 0 Å². The Labute approximate surface area is 188 Å². The number of benzene rings is 1. The smallest absolute Gasteiger partial charge is 0.422 e. The van der Waals surface area contributed by atoms with E-state index in [0.29, 0.717) is 17.7 Å². The van der Waals surface area contributed by atoms with Crippen LogP contribution in [0.2, 0.25) is 0 Å². The van der Waals surface area contributed by atoms with Crippen LogP contribution in [0.5, 0.6) is 5.75 Å². The van der Waals surface area contributed by atoms with Crippen molar-refractivity contribution in [2.45, 2.75) is 61.0 Å². The van der Waals surface area contributed by atoms with Gasteiger partial charge in [-0.25, -0.2) is 4.79 Å². The lowest BCUT2D eigenvalue weighted by molar-refractivity contribution is -0.459. The van der Waals surface area contributed by atoms with E-state index in [4.69, 9.17) is 0 Å². The zero-order chi connectivity index (χ0) is 29.0. The summed E-state index contributed by atoms with van der Waals surface area (Å²) >= 11 is 0. The van der Waals surface area contributed by atoms with Crippen molar-refractivity contribution in [2.75, 3.05) is 0 Å². The molecule has 0 N–H and O–H groups in total. The van der Waals surface area contributed by atoms with Gasteiger partial charge in [-0.15, -0.1) is 0 Å². The summed E-state index contributed by atoms with van der Waals surface area (Å²) in [5.41, 5.74) is 0.386. The Bertz CT molecular complexity index is 947. The molecule has 1 aromatic rings. The number of carbonyl (C=O) groups excluding carboxylic acids is 1. The van der Waals surface area contributed by atoms with Crippen LogP contribution in [0.25, 0.3) is 0 Å². The third-order valence-corrected chi connectivity index (χ3v) is 4.52. The first-order chi connectivity index (χ1) is 15.7. The highest BCUT2D eigenvalue weighted by atomic mass is 19.4. The lowest BCUT2D eigenvalue weighted by atomic mass is 9.89. The Balaban J connectivity index is 3.53. The largest absolute Gasteiger partial charge is 0.460 e. The molecule has 1 aromatic carbocycles. The molecule has 0 saturated heterocycles. The molecule has 0 amide bonds. The molecule has 0 spiro atoms. The second-order valence-corrected chi connectivity index (χ2v) is 6.91. The molecule has 19 heteroatoms. The van der Waals surface area contributed by atoms with Crippen molar-refractivity contribution in [1.82, 2.24) is 0 Å². The van der Waals surface area contributed by atoms with Crippen molar-refractivity contribution in [3.05, 3.63) is 29.8 Å². The summed E-state index contributed by atoms with van der Waals surface area (Å²) in [6.45, 7) is 1.53. The number of hydrogen-bond donors (Lipinski definition) is 0. The normalized spacial score (nSPS) is 15.2. The van der Waals surface area contributed by atoms with Gasteiger partial charge < -0.3 is 4.74 Å². The van der Waals surface area contributed by atoms with Gasteiger partial charge in [-0.05, 0) is 24.1 Å². The van der Waals surface area contributed by atoms with E-state index in [2.05, 4.69) is 4.74 Å². The van der Waals surface area contributed by atoms with Gasteiger partial charge in [0.15, 0.2) is 0 Å². The molecule has 36 heavy (non-hydrogen) atoms. The summed E-state index contributed by atoms with van der Waals surface area (Å²) in [5.74, 6) is -63.3. The van der Waals surface area contributed by atoms with Gasteiger partial charge in [-0.2, -0.15) is 74.6 Å². The van der Waals surface area contributed by atoms with Crippen LogP contribution in [0.15, 0.2) is 24.3 Å². The molecule has 208 valence electrons. The van der Waals surface area contributed by atoms with E-state index in [1.165, 1.54) is 6.92 Å². The van der Waals surface area contributed by atoms with Gasteiger partial charge in [0.2, 0.25) is 0 Å². The van der Waals surface area contributed by atoms with Crippen LogP contribution in [0.4, 0.5) is 74.6 Å². The molecular weight excluding hydrogens is 559 g/mol. The molecule has 0 aliphatic heterocycles. The van der Waals surface area contributed by atoms with Gasteiger partial charge in [0.25, 0.3) is 0 Å². The summed E-state index contributed by atoms with van der Waals surface area (Å²) in [6, 6.07) is 3.16. The molecular formula is C17H9F17O2. The number of hydrogen-bond acceptors (Lipinski definition) is 2.